The smallest absolute Gasteiger partial charge is 0.336 e. The lowest BCUT2D eigenvalue weighted by atomic mass is 10.0. The van der Waals surface area contributed by atoms with Gasteiger partial charge in [-0.15, -0.1) is 0 Å². The maximum atomic E-state index is 11.6. The molecule has 23 heavy (non-hydrogen) atoms. The van der Waals surface area contributed by atoms with Crippen molar-refractivity contribution in [1.29, 1.82) is 0 Å². The van der Waals surface area contributed by atoms with Crippen molar-refractivity contribution in [2.24, 2.45) is 0 Å². The third-order valence-electron chi connectivity index (χ3n) is 3.07. The highest BCUT2D eigenvalue weighted by Gasteiger charge is 2.17. The van der Waals surface area contributed by atoms with Crippen molar-refractivity contribution in [3.8, 4) is 5.75 Å². The number of hydrogen-bond donors (Lipinski definition) is 1. The molecule has 7 heteroatoms. The molecule has 0 amide bonds. The van der Waals surface area contributed by atoms with E-state index in [1.165, 1.54) is 37.5 Å². The summed E-state index contributed by atoms with van der Waals surface area (Å²) in [7, 11) is 1.42. The zero-order valence-electron chi connectivity index (χ0n) is 12.0. The molecule has 0 unspecified atom stereocenters. The van der Waals surface area contributed by atoms with Crippen molar-refractivity contribution in [2.45, 2.75) is 0 Å². The Morgan fingerprint density at radius 1 is 1.30 bits per heavy atom. The van der Waals surface area contributed by atoms with Gasteiger partial charge in [0.25, 0.3) is 5.69 Å². The van der Waals surface area contributed by atoms with Crippen molar-refractivity contribution >= 4 is 34.9 Å². The van der Waals surface area contributed by atoms with Crippen molar-refractivity contribution < 1.29 is 19.6 Å². The first-order valence-electron chi connectivity index (χ1n) is 6.45. The topological polar surface area (TPSA) is 89.7 Å². The minimum absolute atomic E-state index is 0.0788. The number of rotatable bonds is 5. The average molecular weight is 334 g/mol. The Balaban J connectivity index is 2.59. The van der Waals surface area contributed by atoms with Gasteiger partial charge < -0.3 is 9.84 Å². The first-order valence-corrected chi connectivity index (χ1v) is 6.83. The van der Waals surface area contributed by atoms with Crippen LogP contribution in [-0.4, -0.2) is 23.1 Å². The third kappa shape index (κ3) is 3.87. The van der Waals surface area contributed by atoms with Gasteiger partial charge in [-0.2, -0.15) is 0 Å². The summed E-state index contributed by atoms with van der Waals surface area (Å²) in [6, 6.07) is 10.3. The van der Waals surface area contributed by atoms with Gasteiger partial charge in [-0.25, -0.2) is 4.79 Å². The number of nitrogens with zero attached hydrogens (tertiary/aromatic N) is 1. The fourth-order valence-electron chi connectivity index (χ4n) is 2.04. The Bertz CT molecular complexity index is 801. The lowest BCUT2D eigenvalue weighted by molar-refractivity contribution is -0.384. The van der Waals surface area contributed by atoms with Crippen LogP contribution in [-0.2, 0) is 4.79 Å². The van der Waals surface area contributed by atoms with E-state index in [1.807, 2.05) is 0 Å². The molecule has 0 bridgehead atoms. The molecule has 2 aromatic carbocycles. The Hall–Kier alpha value is -2.86. The van der Waals surface area contributed by atoms with Crippen molar-refractivity contribution in [2.75, 3.05) is 7.11 Å². The van der Waals surface area contributed by atoms with Crippen LogP contribution in [0.2, 0.25) is 5.02 Å². The molecule has 6 nitrogen and oxygen atoms in total. The molecule has 0 heterocycles. The van der Waals surface area contributed by atoms with Gasteiger partial charge in [0, 0.05) is 22.7 Å². The van der Waals surface area contributed by atoms with Crippen LogP contribution in [0.3, 0.4) is 0 Å². The van der Waals surface area contributed by atoms with Gasteiger partial charge in [-0.05, 0) is 29.8 Å². The first kappa shape index (κ1) is 16.5. The number of aliphatic carboxylic acids is 1. The van der Waals surface area contributed by atoms with E-state index in [1.54, 1.807) is 18.2 Å². The van der Waals surface area contributed by atoms with Crippen LogP contribution in [0.5, 0.6) is 5.75 Å². The van der Waals surface area contributed by atoms with Crippen LogP contribution in [0.15, 0.2) is 42.5 Å². The molecule has 0 fully saturated rings. The number of hydrogen-bond acceptors (Lipinski definition) is 4. The maximum Gasteiger partial charge on any atom is 0.336 e. The molecule has 0 aliphatic rings. The molecule has 0 radical (unpaired) electrons. The minimum atomic E-state index is -1.20. The van der Waals surface area contributed by atoms with Crippen molar-refractivity contribution in [3.05, 3.63) is 68.7 Å². The molecule has 1 N–H and O–H groups in total. The van der Waals surface area contributed by atoms with E-state index in [2.05, 4.69) is 0 Å². The van der Waals surface area contributed by atoms with Crippen LogP contribution in [0.25, 0.3) is 11.6 Å². The van der Waals surface area contributed by atoms with Gasteiger partial charge in [-0.3, -0.25) is 10.1 Å². The Labute approximate surface area is 136 Å². The standard InChI is InChI=1S/C16H12ClNO5/c1-23-15-6-5-11(17)9-13(15)14(16(19)20)8-10-3-2-4-12(7-10)18(21)22/h2-9H,1H3,(H,19,20)/b14-8-. The fraction of sp³-hybridized carbons (Fsp3) is 0.0625. The number of carboxylic acids is 1. The number of ether oxygens (including phenoxy) is 1. The summed E-state index contributed by atoms with van der Waals surface area (Å²) in [6.45, 7) is 0. The molecule has 2 rings (SSSR count). The summed E-state index contributed by atoms with van der Waals surface area (Å²) in [5.74, 6) is -0.856. The molecule has 0 aliphatic carbocycles. The van der Waals surface area contributed by atoms with Gasteiger partial charge in [0.05, 0.1) is 17.6 Å². The number of nitro groups is 1. The van der Waals surface area contributed by atoms with Crippen molar-refractivity contribution in [3.63, 3.8) is 0 Å². The number of carboxylic acid groups (broad SMARTS) is 1. The Morgan fingerprint density at radius 3 is 2.65 bits per heavy atom. The number of non-ortho nitro benzene ring substituents is 1. The zero-order valence-corrected chi connectivity index (χ0v) is 12.8. The third-order valence-corrected chi connectivity index (χ3v) is 3.31. The zero-order chi connectivity index (χ0) is 17.0. The fourth-order valence-corrected chi connectivity index (χ4v) is 2.21. The molecule has 118 valence electrons. The first-order chi connectivity index (χ1) is 10.9. The molecule has 0 spiro atoms. The summed E-state index contributed by atoms with van der Waals surface area (Å²) in [6.07, 6.45) is 1.34. The highest BCUT2D eigenvalue weighted by molar-refractivity contribution is 6.31. The summed E-state index contributed by atoms with van der Waals surface area (Å²) < 4.78 is 5.16. The van der Waals surface area contributed by atoms with Gasteiger partial charge >= 0.3 is 5.97 Å². The molecule has 0 saturated heterocycles. The van der Waals surface area contributed by atoms with Crippen LogP contribution >= 0.6 is 11.6 Å². The molecule has 2 aromatic rings. The molecule has 0 aliphatic heterocycles. The number of carbonyl (C=O) groups is 1. The SMILES string of the molecule is COc1ccc(Cl)cc1/C(=C/c1cccc([N+](=O)[O-])c1)C(=O)O. The van der Waals surface area contributed by atoms with E-state index < -0.39 is 10.9 Å². The van der Waals surface area contributed by atoms with Crippen LogP contribution in [0.4, 0.5) is 5.69 Å². The quantitative estimate of drug-likeness (QED) is 0.388. The maximum absolute atomic E-state index is 11.6. The number of methoxy groups -OCH3 is 1. The molecule has 0 aromatic heterocycles. The monoisotopic (exact) mass is 333 g/mol. The van der Waals surface area contributed by atoms with Gasteiger partial charge in [-0.1, -0.05) is 23.7 Å². The number of halogens is 1. The van der Waals surface area contributed by atoms with Crippen LogP contribution in [0.1, 0.15) is 11.1 Å². The summed E-state index contributed by atoms with van der Waals surface area (Å²) in [4.78, 5) is 21.9. The average Bonchev–Trinajstić information content (AvgIpc) is 2.52. The second-order valence-electron chi connectivity index (χ2n) is 4.56. The van der Waals surface area contributed by atoms with E-state index in [4.69, 9.17) is 16.3 Å². The van der Waals surface area contributed by atoms with Gasteiger partial charge in [0.15, 0.2) is 0 Å². The normalized spacial score (nSPS) is 11.1. The number of nitro benzene ring substituents is 1. The van der Waals surface area contributed by atoms with Gasteiger partial charge in [0.2, 0.25) is 0 Å². The second-order valence-corrected chi connectivity index (χ2v) is 5.00. The summed E-state index contributed by atoms with van der Waals surface area (Å²) in [5, 5.41) is 20.6. The predicted octanol–water partition coefficient (Wildman–Crippen LogP) is 3.88. The number of benzene rings is 2. The van der Waals surface area contributed by atoms with Gasteiger partial charge in [0.1, 0.15) is 5.75 Å². The highest BCUT2D eigenvalue weighted by atomic mass is 35.5. The highest BCUT2D eigenvalue weighted by Crippen LogP contribution is 2.31. The second kappa shape index (κ2) is 6.93. The van der Waals surface area contributed by atoms with Crippen molar-refractivity contribution in [1.82, 2.24) is 0 Å². The molecule has 0 saturated carbocycles. The summed E-state index contributed by atoms with van der Waals surface area (Å²) in [5.41, 5.74) is 0.476. The molecular formula is C16H12ClNO5. The van der Waals surface area contributed by atoms with E-state index in [0.717, 1.165) is 0 Å². The molecular weight excluding hydrogens is 322 g/mol. The Morgan fingerprint density at radius 2 is 2.04 bits per heavy atom. The minimum Gasteiger partial charge on any atom is -0.496 e. The molecule has 0 atom stereocenters. The lowest BCUT2D eigenvalue weighted by Crippen LogP contribution is -2.02. The predicted molar refractivity (Wildman–Crippen MR) is 86.6 cm³/mol. The van der Waals surface area contributed by atoms with Crippen LogP contribution in [0, 0.1) is 10.1 Å². The largest absolute Gasteiger partial charge is 0.496 e. The van der Waals surface area contributed by atoms with E-state index in [0.29, 0.717) is 21.9 Å². The summed E-state index contributed by atoms with van der Waals surface area (Å²) >= 11 is 5.93. The van der Waals surface area contributed by atoms with E-state index >= 15 is 0 Å². The lowest BCUT2D eigenvalue weighted by Gasteiger charge is -2.10. The van der Waals surface area contributed by atoms with E-state index in [9.17, 15) is 20.0 Å². The Kier molecular flexibility index (Phi) is 4.98. The van der Waals surface area contributed by atoms with Crippen LogP contribution < -0.4 is 4.74 Å². The van der Waals surface area contributed by atoms with E-state index in [-0.39, 0.29) is 11.3 Å².